The smallest absolute Gasteiger partial charge is 0.131 e. The molecule has 0 amide bonds. The Morgan fingerprint density at radius 3 is 3.05 bits per heavy atom. The first kappa shape index (κ1) is 12.3. The molecule has 2 aliphatic heterocycles. The van der Waals surface area contributed by atoms with E-state index in [1.165, 1.54) is 16.8 Å². The third-order valence-electron chi connectivity index (χ3n) is 4.13. The van der Waals surface area contributed by atoms with Crippen molar-refractivity contribution in [2.24, 2.45) is 0 Å². The molecule has 1 atom stereocenters. The van der Waals surface area contributed by atoms with Crippen LogP contribution in [0.25, 0.3) is 6.08 Å². The quantitative estimate of drug-likeness (QED) is 0.832. The first-order valence-electron chi connectivity index (χ1n) is 7.32. The predicted molar refractivity (Wildman–Crippen MR) is 83.8 cm³/mol. The van der Waals surface area contributed by atoms with Gasteiger partial charge in [-0.05, 0) is 35.7 Å². The fraction of sp³-hybridized carbons (Fsp3) is 0.222. The van der Waals surface area contributed by atoms with Crippen LogP contribution in [0, 0.1) is 0 Å². The van der Waals surface area contributed by atoms with Gasteiger partial charge in [-0.1, -0.05) is 24.3 Å². The predicted octanol–water partition coefficient (Wildman–Crippen LogP) is 3.90. The molecule has 21 heavy (non-hydrogen) atoms. The SMILES string of the molecule is Oc1ccc2c(c1)OC(c1ccc3c(c1)NCC3)CC=C2. The summed E-state index contributed by atoms with van der Waals surface area (Å²) in [6.45, 7) is 1.01. The molecule has 3 heteroatoms. The van der Waals surface area contributed by atoms with Crippen LogP contribution >= 0.6 is 0 Å². The van der Waals surface area contributed by atoms with E-state index in [-0.39, 0.29) is 11.9 Å². The van der Waals surface area contributed by atoms with Crippen molar-refractivity contribution in [3.8, 4) is 11.5 Å². The molecule has 1 unspecified atom stereocenters. The largest absolute Gasteiger partial charge is 0.508 e. The Bertz CT molecular complexity index is 721. The van der Waals surface area contributed by atoms with Gasteiger partial charge >= 0.3 is 0 Å². The van der Waals surface area contributed by atoms with Gasteiger partial charge in [0.05, 0.1) is 0 Å². The van der Waals surface area contributed by atoms with Gasteiger partial charge in [0.15, 0.2) is 0 Å². The molecule has 2 heterocycles. The molecule has 0 aliphatic carbocycles. The second-order valence-corrected chi connectivity index (χ2v) is 5.56. The zero-order chi connectivity index (χ0) is 14.2. The summed E-state index contributed by atoms with van der Waals surface area (Å²) < 4.78 is 6.13. The molecule has 3 nitrogen and oxygen atoms in total. The molecular weight excluding hydrogens is 262 g/mol. The van der Waals surface area contributed by atoms with Crippen LogP contribution in [0.3, 0.4) is 0 Å². The summed E-state index contributed by atoms with van der Waals surface area (Å²) in [5.41, 5.74) is 4.78. The summed E-state index contributed by atoms with van der Waals surface area (Å²) >= 11 is 0. The van der Waals surface area contributed by atoms with E-state index in [2.05, 4.69) is 35.7 Å². The lowest BCUT2D eigenvalue weighted by Gasteiger charge is -2.19. The van der Waals surface area contributed by atoms with E-state index in [9.17, 15) is 5.11 Å². The first-order chi connectivity index (χ1) is 10.3. The number of anilines is 1. The third-order valence-corrected chi connectivity index (χ3v) is 4.13. The maximum atomic E-state index is 9.65. The summed E-state index contributed by atoms with van der Waals surface area (Å²) in [6, 6.07) is 11.8. The summed E-state index contributed by atoms with van der Waals surface area (Å²) in [6.07, 6.45) is 6.10. The zero-order valence-corrected chi connectivity index (χ0v) is 11.7. The summed E-state index contributed by atoms with van der Waals surface area (Å²) in [5.74, 6) is 0.973. The van der Waals surface area contributed by atoms with E-state index in [1.54, 1.807) is 12.1 Å². The van der Waals surface area contributed by atoms with E-state index in [4.69, 9.17) is 4.74 Å². The van der Waals surface area contributed by atoms with Gasteiger partial charge in [-0.25, -0.2) is 0 Å². The number of hydrogen-bond acceptors (Lipinski definition) is 3. The normalized spacial score (nSPS) is 19.1. The van der Waals surface area contributed by atoms with Crippen molar-refractivity contribution >= 4 is 11.8 Å². The van der Waals surface area contributed by atoms with E-state index in [1.807, 2.05) is 6.07 Å². The highest BCUT2D eigenvalue weighted by atomic mass is 16.5. The van der Waals surface area contributed by atoms with Crippen LogP contribution in [0.5, 0.6) is 11.5 Å². The molecule has 106 valence electrons. The van der Waals surface area contributed by atoms with Crippen molar-refractivity contribution in [3.63, 3.8) is 0 Å². The molecule has 0 bridgehead atoms. The number of phenolic OH excluding ortho intramolecular Hbond substituents is 1. The Balaban J connectivity index is 1.69. The summed E-state index contributed by atoms with van der Waals surface area (Å²) in [7, 11) is 0. The van der Waals surface area contributed by atoms with Gasteiger partial charge in [-0.2, -0.15) is 0 Å². The zero-order valence-electron chi connectivity index (χ0n) is 11.7. The lowest BCUT2D eigenvalue weighted by Crippen LogP contribution is -2.06. The van der Waals surface area contributed by atoms with Gasteiger partial charge in [-0.3, -0.25) is 0 Å². The number of fused-ring (bicyclic) bond motifs is 2. The van der Waals surface area contributed by atoms with Crippen LogP contribution in [-0.2, 0) is 6.42 Å². The number of aromatic hydroxyl groups is 1. The fourth-order valence-corrected chi connectivity index (χ4v) is 3.00. The molecular formula is C18H17NO2. The van der Waals surface area contributed by atoms with Crippen LogP contribution in [0.1, 0.15) is 29.2 Å². The van der Waals surface area contributed by atoms with Crippen molar-refractivity contribution in [2.45, 2.75) is 18.9 Å². The second kappa shape index (κ2) is 4.85. The van der Waals surface area contributed by atoms with Crippen molar-refractivity contribution < 1.29 is 9.84 Å². The molecule has 0 spiro atoms. The standard InChI is InChI=1S/C18H17NO2/c20-15-7-6-13-2-1-3-17(21-18(13)11-15)14-5-4-12-8-9-19-16(12)10-14/h1-2,4-7,10-11,17,19-20H,3,8-9H2. The molecule has 0 saturated heterocycles. The molecule has 0 fully saturated rings. The highest BCUT2D eigenvalue weighted by Gasteiger charge is 2.19. The Kier molecular flexibility index (Phi) is 2.85. The van der Waals surface area contributed by atoms with E-state index < -0.39 is 0 Å². The fourth-order valence-electron chi connectivity index (χ4n) is 3.00. The van der Waals surface area contributed by atoms with Gasteiger partial charge in [0, 0.05) is 30.3 Å². The van der Waals surface area contributed by atoms with Crippen molar-refractivity contribution in [1.29, 1.82) is 0 Å². The van der Waals surface area contributed by atoms with Crippen molar-refractivity contribution in [1.82, 2.24) is 0 Å². The number of nitrogens with one attached hydrogen (secondary N) is 1. The van der Waals surface area contributed by atoms with E-state index in [0.717, 1.165) is 30.7 Å². The Morgan fingerprint density at radius 1 is 1.14 bits per heavy atom. The topological polar surface area (TPSA) is 41.5 Å². The van der Waals surface area contributed by atoms with E-state index in [0.29, 0.717) is 0 Å². The Hall–Kier alpha value is -2.42. The van der Waals surface area contributed by atoms with Gasteiger partial charge in [0.2, 0.25) is 0 Å². The average Bonchev–Trinajstić information content (AvgIpc) is 2.85. The number of rotatable bonds is 1. The Labute approximate surface area is 123 Å². The minimum atomic E-state index is -0.0167. The summed E-state index contributed by atoms with van der Waals surface area (Å²) in [4.78, 5) is 0. The maximum Gasteiger partial charge on any atom is 0.131 e. The number of phenols is 1. The molecule has 2 aliphatic rings. The maximum absolute atomic E-state index is 9.65. The monoisotopic (exact) mass is 279 g/mol. The van der Waals surface area contributed by atoms with Crippen LogP contribution in [0.15, 0.2) is 42.5 Å². The number of hydrogen-bond donors (Lipinski definition) is 2. The minimum absolute atomic E-state index is 0.0167. The lowest BCUT2D eigenvalue weighted by atomic mass is 10.0. The van der Waals surface area contributed by atoms with Crippen molar-refractivity contribution in [3.05, 3.63) is 59.2 Å². The number of benzene rings is 2. The Morgan fingerprint density at radius 2 is 2.10 bits per heavy atom. The van der Waals surface area contributed by atoms with Crippen molar-refractivity contribution in [2.75, 3.05) is 11.9 Å². The minimum Gasteiger partial charge on any atom is -0.508 e. The molecule has 2 N–H and O–H groups in total. The average molecular weight is 279 g/mol. The van der Waals surface area contributed by atoms with Crippen LogP contribution < -0.4 is 10.1 Å². The molecule has 0 saturated carbocycles. The lowest BCUT2D eigenvalue weighted by molar-refractivity contribution is 0.210. The molecule has 2 aromatic rings. The van der Waals surface area contributed by atoms with Gasteiger partial charge in [0.1, 0.15) is 17.6 Å². The molecule has 2 aromatic carbocycles. The third kappa shape index (κ3) is 2.25. The van der Waals surface area contributed by atoms with Gasteiger partial charge < -0.3 is 15.2 Å². The summed E-state index contributed by atoms with van der Waals surface area (Å²) in [5, 5.41) is 13.1. The van der Waals surface area contributed by atoms with Crippen LogP contribution in [0.4, 0.5) is 5.69 Å². The molecule has 0 aromatic heterocycles. The second-order valence-electron chi connectivity index (χ2n) is 5.56. The highest BCUT2D eigenvalue weighted by Crippen LogP contribution is 2.36. The van der Waals surface area contributed by atoms with Gasteiger partial charge in [0.25, 0.3) is 0 Å². The first-order valence-corrected chi connectivity index (χ1v) is 7.32. The van der Waals surface area contributed by atoms with Gasteiger partial charge in [-0.15, -0.1) is 0 Å². The molecule has 0 radical (unpaired) electrons. The number of ether oxygens (including phenoxy) is 1. The molecule has 4 rings (SSSR count). The van der Waals surface area contributed by atoms with E-state index >= 15 is 0 Å². The van der Waals surface area contributed by atoms with Crippen LogP contribution in [0.2, 0.25) is 0 Å². The van der Waals surface area contributed by atoms with Crippen LogP contribution in [-0.4, -0.2) is 11.7 Å². The highest BCUT2D eigenvalue weighted by molar-refractivity contribution is 5.61.